The molecule has 3 amide bonds. The molecule has 0 fully saturated rings. The van der Waals surface area contributed by atoms with Crippen molar-refractivity contribution < 1.29 is 19.5 Å². The number of hydrogen-bond donors (Lipinski definition) is 4. The van der Waals surface area contributed by atoms with Gasteiger partial charge in [-0.05, 0) is 18.8 Å². The normalized spacial score (nSPS) is 13.8. The number of carbonyl (C=O) groups is 3. The summed E-state index contributed by atoms with van der Waals surface area (Å²) in [7, 11) is 0. The molecule has 0 aromatic rings. The SMILES string of the molecule is CC[C@@H](NC(=O)C(CC(C)C)NC(N)=O)C(=O)O. The van der Waals surface area contributed by atoms with Crippen LogP contribution in [0.5, 0.6) is 0 Å². The van der Waals surface area contributed by atoms with Gasteiger partial charge in [0.2, 0.25) is 5.91 Å². The zero-order valence-corrected chi connectivity index (χ0v) is 10.9. The molecule has 0 radical (unpaired) electrons. The molecule has 0 aromatic heterocycles. The Hall–Kier alpha value is -1.79. The number of aliphatic carboxylic acids is 1. The summed E-state index contributed by atoms with van der Waals surface area (Å²) in [4.78, 5) is 33.4. The molecule has 2 atom stereocenters. The Bertz CT molecular complexity index is 317. The molecule has 7 heteroatoms. The molecule has 0 aliphatic rings. The second-order valence-electron chi connectivity index (χ2n) is 4.50. The molecule has 5 N–H and O–H groups in total. The van der Waals surface area contributed by atoms with E-state index in [0.717, 1.165) is 0 Å². The number of carboxylic acid groups (broad SMARTS) is 1. The molecule has 7 nitrogen and oxygen atoms in total. The monoisotopic (exact) mass is 259 g/mol. The molecule has 1 unspecified atom stereocenters. The van der Waals surface area contributed by atoms with E-state index in [4.69, 9.17) is 10.8 Å². The van der Waals surface area contributed by atoms with Crippen LogP contribution in [-0.4, -0.2) is 35.1 Å². The summed E-state index contributed by atoms with van der Waals surface area (Å²) in [6.07, 6.45) is 0.664. The van der Waals surface area contributed by atoms with Crippen LogP contribution in [0.1, 0.15) is 33.6 Å². The topological polar surface area (TPSA) is 122 Å². The fourth-order valence-electron chi connectivity index (χ4n) is 1.49. The predicted octanol–water partition coefficient (Wildman–Crippen LogP) is 0.0488. The van der Waals surface area contributed by atoms with E-state index in [1.807, 2.05) is 13.8 Å². The third-order valence-corrected chi connectivity index (χ3v) is 2.36. The molecule has 0 bridgehead atoms. The Morgan fingerprint density at radius 3 is 2.06 bits per heavy atom. The number of urea groups is 1. The standard InChI is InChI=1S/C11H21N3O4/c1-4-7(10(16)17)13-9(15)8(5-6(2)3)14-11(12)18/h6-8H,4-5H2,1-3H3,(H,13,15)(H,16,17)(H3,12,14,18)/t7-,8?/m1/s1. The number of nitrogens with two attached hydrogens (primary N) is 1. The third kappa shape index (κ3) is 6.07. The van der Waals surface area contributed by atoms with Gasteiger partial charge < -0.3 is 21.5 Å². The number of hydrogen-bond acceptors (Lipinski definition) is 3. The number of primary amides is 1. The maximum atomic E-state index is 11.8. The van der Waals surface area contributed by atoms with Crippen LogP contribution in [0.4, 0.5) is 4.79 Å². The zero-order valence-electron chi connectivity index (χ0n) is 10.9. The fraction of sp³-hybridized carbons (Fsp3) is 0.727. The quantitative estimate of drug-likeness (QED) is 0.516. The van der Waals surface area contributed by atoms with Gasteiger partial charge in [0.1, 0.15) is 12.1 Å². The smallest absolute Gasteiger partial charge is 0.326 e. The summed E-state index contributed by atoms with van der Waals surface area (Å²) in [5, 5.41) is 13.5. The lowest BCUT2D eigenvalue weighted by molar-refractivity contribution is -0.142. The highest BCUT2D eigenvalue weighted by atomic mass is 16.4. The van der Waals surface area contributed by atoms with E-state index < -0.39 is 30.0 Å². The van der Waals surface area contributed by atoms with Crippen molar-refractivity contribution in [3.63, 3.8) is 0 Å². The predicted molar refractivity (Wildman–Crippen MR) is 65.8 cm³/mol. The van der Waals surface area contributed by atoms with Gasteiger partial charge in [-0.2, -0.15) is 0 Å². The van der Waals surface area contributed by atoms with Gasteiger partial charge in [0.15, 0.2) is 0 Å². The van der Waals surface area contributed by atoms with Crippen molar-refractivity contribution in [2.24, 2.45) is 11.7 Å². The van der Waals surface area contributed by atoms with E-state index in [1.54, 1.807) is 6.92 Å². The summed E-state index contributed by atoms with van der Waals surface area (Å²) in [6.45, 7) is 5.42. The summed E-state index contributed by atoms with van der Waals surface area (Å²) in [5.41, 5.74) is 4.98. The lowest BCUT2D eigenvalue weighted by atomic mass is 10.0. The molecule has 0 heterocycles. The van der Waals surface area contributed by atoms with Gasteiger partial charge in [-0.3, -0.25) is 4.79 Å². The van der Waals surface area contributed by atoms with Crippen LogP contribution in [0.3, 0.4) is 0 Å². The lowest BCUT2D eigenvalue weighted by Gasteiger charge is -2.21. The minimum absolute atomic E-state index is 0.164. The number of carbonyl (C=O) groups excluding carboxylic acids is 2. The van der Waals surface area contributed by atoms with Gasteiger partial charge in [-0.25, -0.2) is 9.59 Å². The summed E-state index contributed by atoms with van der Waals surface area (Å²) in [5.74, 6) is -1.47. The van der Waals surface area contributed by atoms with Crippen LogP contribution >= 0.6 is 0 Å². The number of rotatable bonds is 7. The number of nitrogens with one attached hydrogen (secondary N) is 2. The van der Waals surface area contributed by atoms with Crippen LogP contribution in [0.15, 0.2) is 0 Å². The molecule has 0 saturated carbocycles. The maximum Gasteiger partial charge on any atom is 0.326 e. The highest BCUT2D eigenvalue weighted by Gasteiger charge is 2.25. The first-order valence-corrected chi connectivity index (χ1v) is 5.87. The Morgan fingerprint density at radius 1 is 1.17 bits per heavy atom. The van der Waals surface area contributed by atoms with Crippen molar-refractivity contribution in [3.8, 4) is 0 Å². The van der Waals surface area contributed by atoms with Crippen molar-refractivity contribution in [3.05, 3.63) is 0 Å². The van der Waals surface area contributed by atoms with Crippen LogP contribution in [0.2, 0.25) is 0 Å². The molecular formula is C11H21N3O4. The van der Waals surface area contributed by atoms with Gasteiger partial charge in [-0.1, -0.05) is 20.8 Å². The van der Waals surface area contributed by atoms with E-state index >= 15 is 0 Å². The fourth-order valence-corrected chi connectivity index (χ4v) is 1.49. The second kappa shape index (κ2) is 7.52. The largest absolute Gasteiger partial charge is 0.480 e. The average Bonchev–Trinajstić information content (AvgIpc) is 2.22. The molecule has 0 rings (SSSR count). The van der Waals surface area contributed by atoms with Crippen molar-refractivity contribution in [2.45, 2.75) is 45.7 Å². The minimum atomic E-state index is -1.10. The van der Waals surface area contributed by atoms with E-state index in [0.29, 0.717) is 6.42 Å². The van der Waals surface area contributed by atoms with Gasteiger partial charge in [0.05, 0.1) is 0 Å². The van der Waals surface area contributed by atoms with Crippen LogP contribution < -0.4 is 16.4 Å². The first-order chi connectivity index (χ1) is 8.27. The summed E-state index contributed by atoms with van der Waals surface area (Å²) >= 11 is 0. The Balaban J connectivity index is 4.63. The van der Waals surface area contributed by atoms with Gasteiger partial charge >= 0.3 is 12.0 Å². The number of amides is 3. The highest BCUT2D eigenvalue weighted by Crippen LogP contribution is 2.05. The minimum Gasteiger partial charge on any atom is -0.480 e. The van der Waals surface area contributed by atoms with Crippen molar-refractivity contribution >= 4 is 17.9 Å². The third-order valence-electron chi connectivity index (χ3n) is 2.36. The second-order valence-corrected chi connectivity index (χ2v) is 4.50. The van der Waals surface area contributed by atoms with Gasteiger partial charge in [-0.15, -0.1) is 0 Å². The molecule has 18 heavy (non-hydrogen) atoms. The highest BCUT2D eigenvalue weighted by molar-refractivity contribution is 5.89. The Morgan fingerprint density at radius 2 is 1.72 bits per heavy atom. The average molecular weight is 259 g/mol. The molecule has 0 saturated heterocycles. The summed E-state index contributed by atoms with van der Waals surface area (Å²) in [6, 6.07) is -2.57. The summed E-state index contributed by atoms with van der Waals surface area (Å²) < 4.78 is 0. The Labute approximate surface area is 106 Å². The van der Waals surface area contributed by atoms with Gasteiger partial charge in [0, 0.05) is 0 Å². The lowest BCUT2D eigenvalue weighted by Crippen LogP contribution is -2.52. The molecule has 0 aliphatic heterocycles. The zero-order chi connectivity index (χ0) is 14.3. The molecule has 0 aromatic carbocycles. The van der Waals surface area contributed by atoms with E-state index in [9.17, 15) is 14.4 Å². The molecular weight excluding hydrogens is 238 g/mol. The van der Waals surface area contributed by atoms with Crippen molar-refractivity contribution in [1.29, 1.82) is 0 Å². The number of carboxylic acids is 1. The van der Waals surface area contributed by atoms with E-state index in [-0.39, 0.29) is 12.3 Å². The molecule has 0 spiro atoms. The first kappa shape index (κ1) is 16.2. The van der Waals surface area contributed by atoms with Crippen LogP contribution in [-0.2, 0) is 9.59 Å². The first-order valence-electron chi connectivity index (χ1n) is 5.87. The van der Waals surface area contributed by atoms with E-state index in [2.05, 4.69) is 10.6 Å². The van der Waals surface area contributed by atoms with Crippen LogP contribution in [0, 0.1) is 5.92 Å². The van der Waals surface area contributed by atoms with Crippen molar-refractivity contribution in [1.82, 2.24) is 10.6 Å². The maximum absolute atomic E-state index is 11.8. The molecule has 104 valence electrons. The Kier molecular flexibility index (Phi) is 6.77. The van der Waals surface area contributed by atoms with E-state index in [1.165, 1.54) is 0 Å². The van der Waals surface area contributed by atoms with Crippen molar-refractivity contribution in [2.75, 3.05) is 0 Å². The molecule has 0 aliphatic carbocycles. The van der Waals surface area contributed by atoms with Gasteiger partial charge in [0.25, 0.3) is 0 Å². The van der Waals surface area contributed by atoms with Crippen LogP contribution in [0.25, 0.3) is 0 Å².